The van der Waals surface area contributed by atoms with Crippen LogP contribution >= 0.6 is 0 Å². The van der Waals surface area contributed by atoms with Crippen LogP contribution in [0.3, 0.4) is 0 Å². The van der Waals surface area contributed by atoms with Gasteiger partial charge in [0.15, 0.2) is 11.5 Å². The smallest absolute Gasteiger partial charge is 0.273 e. The average molecular weight is 393 g/mol. The van der Waals surface area contributed by atoms with Crippen molar-refractivity contribution in [3.63, 3.8) is 0 Å². The molecular formula is C22H20FN3O3. The van der Waals surface area contributed by atoms with Crippen molar-refractivity contribution < 1.29 is 18.5 Å². The quantitative estimate of drug-likeness (QED) is 0.653. The minimum Gasteiger partial charge on any atom is -0.355 e. The van der Waals surface area contributed by atoms with E-state index in [1.165, 1.54) is 12.1 Å². The lowest BCUT2D eigenvalue weighted by Gasteiger charge is -2.14. The van der Waals surface area contributed by atoms with E-state index in [-0.39, 0.29) is 34.9 Å². The number of nitrogens with one attached hydrogen (secondary N) is 2. The summed E-state index contributed by atoms with van der Waals surface area (Å²) in [5.41, 5.74) is 1.93. The van der Waals surface area contributed by atoms with Crippen molar-refractivity contribution in [3.8, 4) is 11.3 Å². The van der Waals surface area contributed by atoms with Crippen molar-refractivity contribution in [1.82, 2.24) is 10.5 Å². The lowest BCUT2D eigenvalue weighted by atomic mass is 10.1. The van der Waals surface area contributed by atoms with Gasteiger partial charge in [0.1, 0.15) is 5.82 Å². The fraction of sp³-hybridized carbons (Fsp3) is 0.227. The standard InChI is InChI=1S/C22H20FN3O3/c1-13(14-8-10-16(11-9-14)25-21(27)15-6-7-15)24-22(28)19-12-20(29-26-19)17-4-2-3-5-18(17)23/h2-5,8-13,15H,6-7H2,1H3,(H,24,28)(H,25,27). The van der Waals surface area contributed by atoms with Gasteiger partial charge in [0, 0.05) is 17.7 Å². The molecule has 1 unspecified atom stereocenters. The van der Waals surface area contributed by atoms with Crippen molar-refractivity contribution in [3.05, 3.63) is 71.7 Å². The molecule has 4 rings (SSSR count). The van der Waals surface area contributed by atoms with Gasteiger partial charge in [0.25, 0.3) is 5.91 Å². The molecule has 0 aliphatic heterocycles. The monoisotopic (exact) mass is 393 g/mol. The second-order valence-electron chi connectivity index (χ2n) is 7.14. The molecule has 0 radical (unpaired) electrons. The van der Waals surface area contributed by atoms with Crippen LogP contribution < -0.4 is 10.6 Å². The first-order chi connectivity index (χ1) is 14.0. The molecule has 2 N–H and O–H groups in total. The third-order valence-corrected chi connectivity index (χ3v) is 4.86. The summed E-state index contributed by atoms with van der Waals surface area (Å²) in [6.07, 6.45) is 1.90. The first-order valence-electron chi connectivity index (χ1n) is 9.44. The van der Waals surface area contributed by atoms with Crippen LogP contribution in [0.4, 0.5) is 10.1 Å². The summed E-state index contributed by atoms with van der Waals surface area (Å²) in [5, 5.41) is 9.47. The van der Waals surface area contributed by atoms with Crippen LogP contribution in [0.5, 0.6) is 0 Å². The first kappa shape index (κ1) is 18.9. The molecule has 1 heterocycles. The molecule has 1 aliphatic carbocycles. The molecule has 0 spiro atoms. The van der Waals surface area contributed by atoms with Crippen molar-refractivity contribution >= 4 is 17.5 Å². The number of aromatic nitrogens is 1. The van der Waals surface area contributed by atoms with Crippen LogP contribution in [-0.2, 0) is 4.79 Å². The van der Waals surface area contributed by atoms with E-state index in [9.17, 15) is 14.0 Å². The molecule has 1 fully saturated rings. The Morgan fingerprint density at radius 1 is 1.14 bits per heavy atom. The number of hydrogen-bond donors (Lipinski definition) is 2. The van der Waals surface area contributed by atoms with Gasteiger partial charge in [-0.05, 0) is 49.6 Å². The summed E-state index contributed by atoms with van der Waals surface area (Å²) >= 11 is 0. The van der Waals surface area contributed by atoms with Crippen LogP contribution in [0.15, 0.2) is 59.1 Å². The summed E-state index contributed by atoms with van der Waals surface area (Å²) in [7, 11) is 0. The second-order valence-corrected chi connectivity index (χ2v) is 7.14. The number of carbonyl (C=O) groups is 2. The molecular weight excluding hydrogens is 373 g/mol. The highest BCUT2D eigenvalue weighted by Gasteiger charge is 2.29. The number of amides is 2. The van der Waals surface area contributed by atoms with Gasteiger partial charge in [-0.25, -0.2) is 4.39 Å². The maximum absolute atomic E-state index is 13.9. The number of carbonyl (C=O) groups excluding carboxylic acids is 2. The molecule has 1 atom stereocenters. The first-order valence-corrected chi connectivity index (χ1v) is 9.44. The minimum atomic E-state index is -0.446. The Hall–Kier alpha value is -3.48. The van der Waals surface area contributed by atoms with Crippen LogP contribution in [0.2, 0.25) is 0 Å². The number of rotatable bonds is 6. The third kappa shape index (κ3) is 4.34. The largest absolute Gasteiger partial charge is 0.355 e. The van der Waals surface area contributed by atoms with Crippen LogP contribution in [0.25, 0.3) is 11.3 Å². The molecule has 0 saturated heterocycles. The van der Waals surface area contributed by atoms with Gasteiger partial charge >= 0.3 is 0 Å². The molecule has 29 heavy (non-hydrogen) atoms. The molecule has 1 aliphatic rings. The van der Waals surface area contributed by atoms with E-state index in [1.54, 1.807) is 18.2 Å². The van der Waals surface area contributed by atoms with E-state index >= 15 is 0 Å². The second kappa shape index (κ2) is 7.87. The van der Waals surface area contributed by atoms with Gasteiger partial charge in [-0.3, -0.25) is 9.59 Å². The van der Waals surface area contributed by atoms with Gasteiger partial charge in [-0.15, -0.1) is 0 Å². The van der Waals surface area contributed by atoms with Gasteiger partial charge < -0.3 is 15.2 Å². The van der Waals surface area contributed by atoms with Crippen molar-refractivity contribution in [2.24, 2.45) is 5.92 Å². The van der Waals surface area contributed by atoms with Gasteiger partial charge in [-0.2, -0.15) is 0 Å². The Bertz CT molecular complexity index is 1040. The van der Waals surface area contributed by atoms with E-state index in [0.717, 1.165) is 24.1 Å². The van der Waals surface area contributed by atoms with E-state index in [0.29, 0.717) is 0 Å². The zero-order valence-electron chi connectivity index (χ0n) is 15.8. The Kier molecular flexibility index (Phi) is 5.12. The summed E-state index contributed by atoms with van der Waals surface area (Å²) in [6.45, 7) is 1.84. The Morgan fingerprint density at radius 3 is 2.55 bits per heavy atom. The molecule has 148 valence electrons. The zero-order chi connectivity index (χ0) is 20.4. The molecule has 2 amide bonds. The number of halogens is 1. The molecule has 3 aromatic rings. The van der Waals surface area contributed by atoms with E-state index in [4.69, 9.17) is 4.52 Å². The van der Waals surface area contributed by atoms with Gasteiger partial charge in [0.05, 0.1) is 11.6 Å². The molecule has 1 aromatic heterocycles. The van der Waals surface area contributed by atoms with E-state index in [1.807, 2.05) is 31.2 Å². The van der Waals surface area contributed by atoms with Gasteiger partial charge in [-0.1, -0.05) is 29.4 Å². The van der Waals surface area contributed by atoms with Crippen molar-refractivity contribution in [2.45, 2.75) is 25.8 Å². The van der Waals surface area contributed by atoms with Crippen LogP contribution in [0.1, 0.15) is 41.9 Å². The third-order valence-electron chi connectivity index (χ3n) is 4.86. The Balaban J connectivity index is 1.39. The summed E-state index contributed by atoms with van der Waals surface area (Å²) in [6, 6.07) is 14.6. The maximum atomic E-state index is 13.9. The van der Waals surface area contributed by atoms with E-state index in [2.05, 4.69) is 15.8 Å². The fourth-order valence-electron chi connectivity index (χ4n) is 2.97. The number of nitrogens with zero attached hydrogens (tertiary/aromatic N) is 1. The molecule has 7 heteroatoms. The Morgan fingerprint density at radius 2 is 1.86 bits per heavy atom. The highest BCUT2D eigenvalue weighted by atomic mass is 19.1. The fourth-order valence-corrected chi connectivity index (χ4v) is 2.97. The topological polar surface area (TPSA) is 84.2 Å². The van der Waals surface area contributed by atoms with Gasteiger partial charge in [0.2, 0.25) is 5.91 Å². The van der Waals surface area contributed by atoms with Crippen LogP contribution in [0, 0.1) is 11.7 Å². The molecule has 6 nitrogen and oxygen atoms in total. The number of benzene rings is 2. The summed E-state index contributed by atoms with van der Waals surface area (Å²) < 4.78 is 19.0. The SMILES string of the molecule is CC(NC(=O)c1cc(-c2ccccc2F)on1)c1ccc(NC(=O)C2CC2)cc1. The summed E-state index contributed by atoms with van der Waals surface area (Å²) in [4.78, 5) is 24.3. The zero-order valence-corrected chi connectivity index (χ0v) is 15.8. The van der Waals surface area contributed by atoms with Crippen molar-refractivity contribution in [1.29, 1.82) is 0 Å². The maximum Gasteiger partial charge on any atom is 0.273 e. The number of anilines is 1. The Labute approximate surface area is 167 Å². The molecule has 2 aromatic carbocycles. The lowest BCUT2D eigenvalue weighted by Crippen LogP contribution is -2.26. The minimum absolute atomic E-state index is 0.0517. The van der Waals surface area contributed by atoms with E-state index < -0.39 is 11.7 Å². The highest BCUT2D eigenvalue weighted by molar-refractivity contribution is 5.94. The lowest BCUT2D eigenvalue weighted by molar-refractivity contribution is -0.117. The predicted octanol–water partition coefficient (Wildman–Crippen LogP) is 4.32. The van der Waals surface area contributed by atoms with Crippen molar-refractivity contribution in [2.75, 3.05) is 5.32 Å². The molecule has 1 saturated carbocycles. The number of hydrogen-bond acceptors (Lipinski definition) is 4. The summed E-state index contributed by atoms with van der Waals surface area (Å²) in [5.74, 6) is -0.482. The predicted molar refractivity (Wildman–Crippen MR) is 106 cm³/mol. The molecule has 0 bridgehead atoms. The van der Waals surface area contributed by atoms with Crippen LogP contribution in [-0.4, -0.2) is 17.0 Å². The normalized spacial score (nSPS) is 14.3. The highest BCUT2D eigenvalue weighted by Crippen LogP contribution is 2.30. The average Bonchev–Trinajstić information content (AvgIpc) is 3.46.